The van der Waals surface area contributed by atoms with Gasteiger partial charge in [0.05, 0.1) is 13.0 Å². The lowest BCUT2D eigenvalue weighted by Gasteiger charge is -2.35. The number of nitrogens with zero attached hydrogens (tertiary/aromatic N) is 1. The lowest BCUT2D eigenvalue weighted by Crippen LogP contribution is -2.47. The molecule has 0 unspecified atom stereocenters. The first-order valence-electron chi connectivity index (χ1n) is 9.34. The summed E-state index contributed by atoms with van der Waals surface area (Å²) in [5.41, 5.74) is 1.34. The van der Waals surface area contributed by atoms with Crippen LogP contribution in [0.2, 0.25) is 0 Å². The lowest BCUT2D eigenvalue weighted by atomic mass is 9.89. The maximum atomic E-state index is 12.6. The van der Waals surface area contributed by atoms with Crippen molar-refractivity contribution in [3.63, 3.8) is 0 Å². The molecule has 5 nitrogen and oxygen atoms in total. The largest absolute Gasteiger partial charge is 0.497 e. The highest BCUT2D eigenvalue weighted by molar-refractivity contribution is 5.83. The summed E-state index contributed by atoms with van der Waals surface area (Å²) in [7, 11) is 1.69. The molecule has 0 aliphatic carbocycles. The van der Waals surface area contributed by atoms with E-state index >= 15 is 0 Å². The molecule has 0 saturated carbocycles. The molecule has 1 aromatic carbocycles. The second-order valence-corrected chi connectivity index (χ2v) is 7.20. The van der Waals surface area contributed by atoms with Gasteiger partial charge in [0.1, 0.15) is 5.75 Å². The van der Waals surface area contributed by atoms with Crippen LogP contribution in [0.25, 0.3) is 0 Å². The van der Waals surface area contributed by atoms with Crippen molar-refractivity contribution in [2.75, 3.05) is 26.7 Å². The van der Waals surface area contributed by atoms with Gasteiger partial charge in [0.2, 0.25) is 11.8 Å². The number of ether oxygens (including phenoxy) is 1. The van der Waals surface area contributed by atoms with Crippen molar-refractivity contribution in [2.45, 2.75) is 38.5 Å². The van der Waals surface area contributed by atoms with Gasteiger partial charge in [-0.1, -0.05) is 12.1 Å². The minimum absolute atomic E-state index is 0.0199. The van der Waals surface area contributed by atoms with Gasteiger partial charge in [0.25, 0.3) is 0 Å². The first-order valence-corrected chi connectivity index (χ1v) is 9.34. The summed E-state index contributed by atoms with van der Waals surface area (Å²) in [6.45, 7) is 2.22. The number of amides is 2. The Morgan fingerprint density at radius 3 is 2.52 bits per heavy atom. The first-order chi connectivity index (χ1) is 12.2. The zero-order valence-corrected chi connectivity index (χ0v) is 15.0. The Balaban J connectivity index is 1.40. The summed E-state index contributed by atoms with van der Waals surface area (Å²) in [6, 6.07) is 8.29. The fraction of sp³-hybridized carbons (Fsp3) is 0.600. The Kier molecular flexibility index (Phi) is 5.95. The van der Waals surface area contributed by atoms with Crippen LogP contribution in [0, 0.1) is 11.8 Å². The number of carbonyl (C=O) groups excluding carboxylic acids is 2. The molecule has 5 heteroatoms. The fourth-order valence-electron chi connectivity index (χ4n) is 3.81. The van der Waals surface area contributed by atoms with E-state index in [9.17, 15) is 9.59 Å². The second kappa shape index (κ2) is 8.37. The van der Waals surface area contributed by atoms with Crippen LogP contribution in [-0.4, -0.2) is 43.5 Å². The van der Waals surface area contributed by atoms with Gasteiger partial charge in [-0.15, -0.1) is 0 Å². The van der Waals surface area contributed by atoms with E-state index in [0.29, 0.717) is 25.3 Å². The number of rotatable bonds is 5. The molecule has 2 aliphatic rings. The second-order valence-electron chi connectivity index (χ2n) is 7.20. The van der Waals surface area contributed by atoms with Crippen molar-refractivity contribution >= 4 is 11.8 Å². The van der Waals surface area contributed by atoms with Crippen LogP contribution >= 0.6 is 0 Å². The van der Waals surface area contributed by atoms with Crippen LogP contribution in [0.15, 0.2) is 24.3 Å². The van der Waals surface area contributed by atoms with Gasteiger partial charge in [-0.2, -0.15) is 0 Å². The van der Waals surface area contributed by atoms with Gasteiger partial charge in [-0.25, -0.2) is 0 Å². The molecule has 0 radical (unpaired) electrons. The van der Waals surface area contributed by atoms with E-state index in [4.69, 9.17) is 4.74 Å². The number of piperidine rings is 2. The van der Waals surface area contributed by atoms with Crippen molar-refractivity contribution in [3.05, 3.63) is 29.8 Å². The van der Waals surface area contributed by atoms with Gasteiger partial charge < -0.3 is 15.0 Å². The third-order valence-corrected chi connectivity index (χ3v) is 5.54. The van der Waals surface area contributed by atoms with Crippen LogP contribution in [-0.2, 0) is 16.0 Å². The number of nitrogens with one attached hydrogen (secondary N) is 1. The van der Waals surface area contributed by atoms with Crippen LogP contribution in [0.3, 0.4) is 0 Å². The highest BCUT2D eigenvalue weighted by Gasteiger charge is 2.30. The van der Waals surface area contributed by atoms with E-state index in [1.54, 1.807) is 7.11 Å². The molecule has 136 valence electrons. The van der Waals surface area contributed by atoms with Crippen LogP contribution in [0.5, 0.6) is 5.75 Å². The highest BCUT2D eigenvalue weighted by atomic mass is 16.5. The molecule has 1 N–H and O–H groups in total. The van der Waals surface area contributed by atoms with Crippen molar-refractivity contribution in [1.29, 1.82) is 0 Å². The molecule has 0 bridgehead atoms. The zero-order valence-electron chi connectivity index (χ0n) is 15.0. The molecule has 2 saturated heterocycles. The number of carbonyl (C=O) groups is 2. The van der Waals surface area contributed by atoms with Gasteiger partial charge in [-0.3, -0.25) is 9.59 Å². The van der Waals surface area contributed by atoms with Crippen LogP contribution in [0.1, 0.15) is 37.7 Å². The molecule has 1 atom stereocenters. The molecule has 0 spiro atoms. The summed E-state index contributed by atoms with van der Waals surface area (Å²) in [4.78, 5) is 25.8. The third-order valence-electron chi connectivity index (χ3n) is 5.54. The van der Waals surface area contributed by atoms with Gasteiger partial charge in [0, 0.05) is 26.1 Å². The van der Waals surface area contributed by atoms with Gasteiger partial charge in [0.15, 0.2) is 0 Å². The molecular formula is C20H28N2O3. The summed E-state index contributed by atoms with van der Waals surface area (Å²) in [5, 5.41) is 2.81. The summed E-state index contributed by atoms with van der Waals surface area (Å²) in [5.74, 6) is 1.87. The fourth-order valence-corrected chi connectivity index (χ4v) is 3.81. The number of methoxy groups -OCH3 is 1. The minimum atomic E-state index is -0.0199. The third kappa shape index (κ3) is 4.74. The molecule has 2 heterocycles. The minimum Gasteiger partial charge on any atom is -0.497 e. The normalized spacial score (nSPS) is 21.7. The predicted molar refractivity (Wildman–Crippen MR) is 96.4 cm³/mol. The molecular weight excluding hydrogens is 316 g/mol. The van der Waals surface area contributed by atoms with E-state index in [2.05, 4.69) is 17.4 Å². The quantitative estimate of drug-likeness (QED) is 0.892. The number of hydrogen-bond donors (Lipinski definition) is 1. The van der Waals surface area contributed by atoms with Crippen molar-refractivity contribution in [1.82, 2.24) is 10.2 Å². The Morgan fingerprint density at radius 2 is 1.92 bits per heavy atom. The summed E-state index contributed by atoms with van der Waals surface area (Å²) < 4.78 is 5.19. The van der Waals surface area contributed by atoms with E-state index in [0.717, 1.165) is 38.1 Å². The number of hydrogen-bond acceptors (Lipinski definition) is 3. The van der Waals surface area contributed by atoms with Crippen molar-refractivity contribution in [3.8, 4) is 5.75 Å². The van der Waals surface area contributed by atoms with Gasteiger partial charge in [-0.05, 0) is 55.7 Å². The Bertz CT molecular complexity index is 581. The molecule has 2 aliphatic heterocycles. The molecule has 0 aromatic heterocycles. The average molecular weight is 344 g/mol. The van der Waals surface area contributed by atoms with Crippen molar-refractivity contribution in [2.24, 2.45) is 11.8 Å². The standard InChI is InChI=1S/C20H28N2O3/c1-25-18-7-4-15(5-8-18)2-3-16-10-12-22(13-11-16)20(24)17-6-9-19(23)21-14-17/h4-5,7-8,16-17H,2-3,6,9-14H2,1H3,(H,21,23)/t17-/m0/s1. The van der Waals surface area contributed by atoms with Crippen molar-refractivity contribution < 1.29 is 14.3 Å². The number of likely N-dealkylation sites (tertiary alicyclic amines) is 1. The molecule has 1 aromatic rings. The number of aryl methyl sites for hydroxylation is 1. The SMILES string of the molecule is COc1ccc(CCC2CCN(C(=O)[C@H]3CCC(=O)NC3)CC2)cc1. The summed E-state index contributed by atoms with van der Waals surface area (Å²) >= 11 is 0. The average Bonchev–Trinajstić information content (AvgIpc) is 2.67. The lowest BCUT2D eigenvalue weighted by molar-refractivity contribution is -0.138. The molecule has 2 fully saturated rings. The zero-order chi connectivity index (χ0) is 17.6. The topological polar surface area (TPSA) is 58.6 Å². The molecule has 3 rings (SSSR count). The molecule has 25 heavy (non-hydrogen) atoms. The van der Waals surface area contributed by atoms with E-state index in [1.165, 1.54) is 12.0 Å². The first kappa shape index (κ1) is 17.8. The Morgan fingerprint density at radius 1 is 1.20 bits per heavy atom. The van der Waals surface area contributed by atoms with Gasteiger partial charge >= 0.3 is 0 Å². The van der Waals surface area contributed by atoms with E-state index < -0.39 is 0 Å². The maximum absolute atomic E-state index is 12.6. The predicted octanol–water partition coefficient (Wildman–Crippen LogP) is 2.39. The van der Waals surface area contributed by atoms with Crippen LogP contribution in [0.4, 0.5) is 0 Å². The molecule has 2 amide bonds. The van der Waals surface area contributed by atoms with E-state index in [1.807, 2.05) is 17.0 Å². The Labute approximate surface area is 149 Å². The van der Waals surface area contributed by atoms with Crippen LogP contribution < -0.4 is 10.1 Å². The Hall–Kier alpha value is -2.04. The summed E-state index contributed by atoms with van der Waals surface area (Å²) in [6.07, 6.45) is 5.60. The maximum Gasteiger partial charge on any atom is 0.227 e. The number of benzene rings is 1. The smallest absolute Gasteiger partial charge is 0.227 e. The highest BCUT2D eigenvalue weighted by Crippen LogP contribution is 2.25. The van der Waals surface area contributed by atoms with E-state index in [-0.39, 0.29) is 17.7 Å². The monoisotopic (exact) mass is 344 g/mol.